The number of anilines is 1. The lowest BCUT2D eigenvalue weighted by molar-refractivity contribution is -0.119. The molecule has 2 N–H and O–H groups in total. The van der Waals surface area contributed by atoms with Gasteiger partial charge in [0.1, 0.15) is 11.6 Å². The highest BCUT2D eigenvalue weighted by molar-refractivity contribution is 5.96. The van der Waals surface area contributed by atoms with Gasteiger partial charge >= 0.3 is 0 Å². The minimum Gasteiger partial charge on any atom is -0.497 e. The molecule has 6 heteroatoms. The second kappa shape index (κ2) is 7.40. The van der Waals surface area contributed by atoms with Crippen molar-refractivity contribution in [1.82, 2.24) is 14.9 Å². The van der Waals surface area contributed by atoms with Crippen LogP contribution < -0.4 is 10.1 Å². The summed E-state index contributed by atoms with van der Waals surface area (Å²) in [6.45, 7) is 0.979. The van der Waals surface area contributed by atoms with Crippen LogP contribution in [0, 0.1) is 0 Å². The number of H-pyrrole nitrogens is 1. The SMILES string of the molecule is COc1ccc(Cc2nc3ccc(NC(=O)[C@@H]4CCCN4C)cc3[nH]2)cc1. The summed E-state index contributed by atoms with van der Waals surface area (Å²) in [5.41, 5.74) is 3.78. The zero-order chi connectivity index (χ0) is 18.8. The molecule has 3 aromatic rings. The lowest BCUT2D eigenvalue weighted by Crippen LogP contribution is -2.37. The number of rotatable bonds is 5. The normalized spacial score (nSPS) is 17.3. The van der Waals surface area contributed by atoms with Crippen molar-refractivity contribution in [1.29, 1.82) is 0 Å². The van der Waals surface area contributed by atoms with Crippen LogP contribution in [0.1, 0.15) is 24.2 Å². The summed E-state index contributed by atoms with van der Waals surface area (Å²) in [6.07, 6.45) is 2.71. The lowest BCUT2D eigenvalue weighted by atomic mass is 10.1. The number of aromatic nitrogens is 2. The monoisotopic (exact) mass is 364 g/mol. The number of ether oxygens (including phenoxy) is 1. The fourth-order valence-corrected chi connectivity index (χ4v) is 3.63. The Balaban J connectivity index is 1.48. The zero-order valence-corrected chi connectivity index (χ0v) is 15.7. The largest absolute Gasteiger partial charge is 0.497 e. The lowest BCUT2D eigenvalue weighted by Gasteiger charge is -2.18. The highest BCUT2D eigenvalue weighted by atomic mass is 16.5. The number of likely N-dealkylation sites (N-methyl/N-ethyl adjacent to an activating group) is 1. The van der Waals surface area contributed by atoms with Gasteiger partial charge in [0.15, 0.2) is 0 Å². The van der Waals surface area contributed by atoms with Gasteiger partial charge in [0.25, 0.3) is 0 Å². The third-order valence-electron chi connectivity index (χ3n) is 5.15. The van der Waals surface area contributed by atoms with Crippen LogP contribution in [-0.4, -0.2) is 47.5 Å². The number of likely N-dealkylation sites (tertiary alicyclic amines) is 1. The molecule has 1 atom stereocenters. The Morgan fingerprint density at radius 1 is 1.30 bits per heavy atom. The number of carbonyl (C=O) groups is 1. The molecule has 140 valence electrons. The van der Waals surface area contributed by atoms with Crippen molar-refractivity contribution in [3.05, 3.63) is 53.9 Å². The number of methoxy groups -OCH3 is 1. The van der Waals surface area contributed by atoms with Crippen molar-refractivity contribution in [3.8, 4) is 5.75 Å². The number of nitrogens with one attached hydrogen (secondary N) is 2. The van der Waals surface area contributed by atoms with E-state index in [0.29, 0.717) is 6.42 Å². The molecule has 1 aromatic heterocycles. The first-order chi connectivity index (χ1) is 13.1. The summed E-state index contributed by atoms with van der Waals surface area (Å²) in [5, 5.41) is 3.04. The first kappa shape index (κ1) is 17.5. The molecule has 1 aliphatic rings. The predicted octanol–water partition coefficient (Wildman–Crippen LogP) is 3.20. The third-order valence-corrected chi connectivity index (χ3v) is 5.15. The number of imidazole rings is 1. The molecule has 1 fully saturated rings. The number of amides is 1. The average molecular weight is 364 g/mol. The van der Waals surface area contributed by atoms with Gasteiger partial charge in [-0.3, -0.25) is 9.69 Å². The van der Waals surface area contributed by atoms with Gasteiger partial charge in [-0.05, 0) is 62.3 Å². The molecule has 0 bridgehead atoms. The quantitative estimate of drug-likeness (QED) is 0.729. The average Bonchev–Trinajstić information content (AvgIpc) is 3.27. The Kier molecular flexibility index (Phi) is 4.81. The Morgan fingerprint density at radius 2 is 2.11 bits per heavy atom. The van der Waals surface area contributed by atoms with E-state index in [1.54, 1.807) is 7.11 Å². The van der Waals surface area contributed by atoms with Crippen LogP contribution >= 0.6 is 0 Å². The molecule has 1 amide bonds. The maximum atomic E-state index is 12.5. The van der Waals surface area contributed by atoms with E-state index in [-0.39, 0.29) is 11.9 Å². The number of hydrogen-bond donors (Lipinski definition) is 2. The summed E-state index contributed by atoms with van der Waals surface area (Å²) in [7, 11) is 3.66. The van der Waals surface area contributed by atoms with Crippen LogP contribution in [0.5, 0.6) is 5.75 Å². The number of nitrogens with zero attached hydrogens (tertiary/aromatic N) is 2. The third kappa shape index (κ3) is 3.80. The van der Waals surface area contributed by atoms with Gasteiger partial charge in [-0.1, -0.05) is 12.1 Å². The van der Waals surface area contributed by atoms with Gasteiger partial charge in [-0.15, -0.1) is 0 Å². The maximum absolute atomic E-state index is 12.5. The van der Waals surface area contributed by atoms with E-state index < -0.39 is 0 Å². The summed E-state index contributed by atoms with van der Waals surface area (Å²) >= 11 is 0. The van der Waals surface area contributed by atoms with Gasteiger partial charge in [-0.25, -0.2) is 4.98 Å². The number of aromatic amines is 1. The van der Waals surface area contributed by atoms with E-state index in [0.717, 1.165) is 53.2 Å². The molecule has 1 aliphatic heterocycles. The van der Waals surface area contributed by atoms with Crippen molar-refractivity contribution in [2.24, 2.45) is 0 Å². The first-order valence-corrected chi connectivity index (χ1v) is 9.25. The molecule has 0 saturated carbocycles. The Morgan fingerprint density at radius 3 is 2.81 bits per heavy atom. The molecule has 2 aromatic carbocycles. The molecule has 0 radical (unpaired) electrons. The van der Waals surface area contributed by atoms with Crippen LogP contribution in [-0.2, 0) is 11.2 Å². The van der Waals surface area contributed by atoms with E-state index in [4.69, 9.17) is 4.74 Å². The van der Waals surface area contributed by atoms with Crippen LogP contribution in [0.2, 0.25) is 0 Å². The molecule has 0 spiro atoms. The molecule has 0 unspecified atom stereocenters. The van der Waals surface area contributed by atoms with Crippen LogP contribution in [0.4, 0.5) is 5.69 Å². The van der Waals surface area contributed by atoms with Gasteiger partial charge < -0.3 is 15.0 Å². The number of hydrogen-bond acceptors (Lipinski definition) is 4. The Bertz CT molecular complexity index is 948. The summed E-state index contributed by atoms with van der Waals surface area (Å²) in [4.78, 5) is 22.6. The predicted molar refractivity (Wildman–Crippen MR) is 106 cm³/mol. The van der Waals surface area contributed by atoms with Crippen molar-refractivity contribution < 1.29 is 9.53 Å². The minimum atomic E-state index is -0.0342. The van der Waals surface area contributed by atoms with E-state index >= 15 is 0 Å². The molecular formula is C21H24N4O2. The Labute approximate surface area is 158 Å². The fraction of sp³-hybridized carbons (Fsp3) is 0.333. The standard InChI is InChI=1S/C21H24N4O2/c1-25-11-3-4-19(25)21(26)22-15-7-10-17-18(13-15)24-20(23-17)12-14-5-8-16(27-2)9-6-14/h5-10,13,19H,3-4,11-12H2,1-2H3,(H,22,26)(H,23,24)/t19-/m0/s1. The van der Waals surface area contributed by atoms with E-state index in [1.165, 1.54) is 0 Å². The van der Waals surface area contributed by atoms with Crippen molar-refractivity contribution >= 4 is 22.6 Å². The molecule has 27 heavy (non-hydrogen) atoms. The van der Waals surface area contributed by atoms with Gasteiger partial charge in [0.05, 0.1) is 24.2 Å². The van der Waals surface area contributed by atoms with Crippen molar-refractivity contribution in [2.75, 3.05) is 26.0 Å². The summed E-state index contributed by atoms with van der Waals surface area (Å²) in [5.74, 6) is 1.80. The van der Waals surface area contributed by atoms with Gasteiger partial charge in [0, 0.05) is 12.1 Å². The maximum Gasteiger partial charge on any atom is 0.241 e. The smallest absolute Gasteiger partial charge is 0.241 e. The molecule has 2 heterocycles. The molecule has 0 aliphatic carbocycles. The summed E-state index contributed by atoms with van der Waals surface area (Å²) < 4.78 is 5.19. The van der Waals surface area contributed by atoms with E-state index in [2.05, 4.69) is 20.2 Å². The number of benzene rings is 2. The van der Waals surface area contributed by atoms with E-state index in [9.17, 15) is 4.79 Å². The molecule has 4 rings (SSSR count). The second-order valence-corrected chi connectivity index (χ2v) is 7.07. The molecular weight excluding hydrogens is 340 g/mol. The highest BCUT2D eigenvalue weighted by Gasteiger charge is 2.27. The number of fused-ring (bicyclic) bond motifs is 1. The van der Waals surface area contributed by atoms with Crippen LogP contribution in [0.25, 0.3) is 11.0 Å². The topological polar surface area (TPSA) is 70.2 Å². The van der Waals surface area contributed by atoms with E-state index in [1.807, 2.05) is 49.5 Å². The zero-order valence-electron chi connectivity index (χ0n) is 15.7. The van der Waals surface area contributed by atoms with Crippen LogP contribution in [0.3, 0.4) is 0 Å². The second-order valence-electron chi connectivity index (χ2n) is 7.07. The van der Waals surface area contributed by atoms with Crippen molar-refractivity contribution in [3.63, 3.8) is 0 Å². The number of carbonyl (C=O) groups excluding carboxylic acids is 1. The van der Waals surface area contributed by atoms with Gasteiger partial charge in [-0.2, -0.15) is 0 Å². The Hall–Kier alpha value is -2.86. The molecule has 1 saturated heterocycles. The van der Waals surface area contributed by atoms with Crippen LogP contribution in [0.15, 0.2) is 42.5 Å². The first-order valence-electron chi connectivity index (χ1n) is 9.25. The minimum absolute atomic E-state index is 0.0342. The highest BCUT2D eigenvalue weighted by Crippen LogP contribution is 2.21. The molecule has 6 nitrogen and oxygen atoms in total. The fourth-order valence-electron chi connectivity index (χ4n) is 3.63. The summed E-state index contributed by atoms with van der Waals surface area (Å²) in [6, 6.07) is 13.7. The van der Waals surface area contributed by atoms with Crippen molar-refractivity contribution in [2.45, 2.75) is 25.3 Å². The van der Waals surface area contributed by atoms with Gasteiger partial charge in [0.2, 0.25) is 5.91 Å².